The van der Waals surface area contributed by atoms with Crippen molar-refractivity contribution in [3.05, 3.63) is 46.1 Å². The van der Waals surface area contributed by atoms with E-state index >= 15 is 0 Å². The maximum Gasteiger partial charge on any atom is 0.338 e. The van der Waals surface area contributed by atoms with Crippen LogP contribution in [0.4, 0.5) is 0 Å². The number of ether oxygens (including phenoxy) is 4. The van der Waals surface area contributed by atoms with Crippen molar-refractivity contribution in [3.63, 3.8) is 0 Å². The van der Waals surface area contributed by atoms with Crippen molar-refractivity contribution in [2.75, 3.05) is 34.5 Å². The van der Waals surface area contributed by atoms with Crippen LogP contribution < -0.4 is 14.8 Å². The number of amidine groups is 1. The highest BCUT2D eigenvalue weighted by Gasteiger charge is 2.42. The maximum atomic E-state index is 12.9. The van der Waals surface area contributed by atoms with Gasteiger partial charge in [-0.3, -0.25) is 4.79 Å². The number of carbonyl (C=O) groups excluding carboxylic acids is 2. The Kier molecular flexibility index (Phi) is 7.47. The molecule has 3 aliphatic heterocycles. The van der Waals surface area contributed by atoms with E-state index in [1.54, 1.807) is 33.3 Å². The van der Waals surface area contributed by atoms with Gasteiger partial charge in [0.15, 0.2) is 5.17 Å². The normalized spacial score (nSPS) is 21.6. The SMILES string of the molecule is COC(=O)C1=C(C)N=C2SC=C(CC(=O)NC[C@@H]3CCCO3)N2[C@H]1c1cc(OC)ccc1OC. The first-order chi connectivity index (χ1) is 16.5. The summed E-state index contributed by atoms with van der Waals surface area (Å²) < 4.78 is 21.8. The van der Waals surface area contributed by atoms with E-state index in [0.717, 1.165) is 25.1 Å². The second kappa shape index (κ2) is 10.5. The summed E-state index contributed by atoms with van der Waals surface area (Å²) in [6, 6.07) is 4.82. The zero-order chi connectivity index (χ0) is 24.2. The van der Waals surface area contributed by atoms with Gasteiger partial charge in [-0.05, 0) is 43.4 Å². The molecule has 182 valence electrons. The lowest BCUT2D eigenvalue weighted by atomic mass is 9.93. The highest BCUT2D eigenvalue weighted by Crippen LogP contribution is 2.47. The van der Waals surface area contributed by atoms with Gasteiger partial charge in [0.2, 0.25) is 5.91 Å². The molecule has 4 rings (SSSR count). The fourth-order valence-electron chi connectivity index (χ4n) is 4.35. The molecule has 1 aromatic rings. The first-order valence-corrected chi connectivity index (χ1v) is 12.0. The third kappa shape index (κ3) is 4.78. The van der Waals surface area contributed by atoms with Gasteiger partial charge < -0.3 is 29.2 Å². The summed E-state index contributed by atoms with van der Waals surface area (Å²) in [7, 11) is 4.50. The highest BCUT2D eigenvalue weighted by molar-refractivity contribution is 8.16. The molecule has 2 atom stereocenters. The maximum absolute atomic E-state index is 12.9. The number of esters is 1. The minimum absolute atomic E-state index is 0.0632. The zero-order valence-electron chi connectivity index (χ0n) is 19.8. The van der Waals surface area contributed by atoms with E-state index < -0.39 is 12.0 Å². The number of allylic oxidation sites excluding steroid dienone is 1. The predicted molar refractivity (Wildman–Crippen MR) is 129 cm³/mol. The molecule has 0 spiro atoms. The third-order valence-electron chi connectivity index (χ3n) is 6.03. The smallest absolute Gasteiger partial charge is 0.338 e. The molecule has 9 nitrogen and oxygen atoms in total. The summed E-state index contributed by atoms with van der Waals surface area (Å²) in [6.07, 6.45) is 2.16. The van der Waals surface area contributed by atoms with Crippen LogP contribution >= 0.6 is 11.8 Å². The predicted octanol–water partition coefficient (Wildman–Crippen LogP) is 3.14. The van der Waals surface area contributed by atoms with Crippen molar-refractivity contribution in [1.29, 1.82) is 0 Å². The molecule has 0 aliphatic carbocycles. The number of hydrogen-bond acceptors (Lipinski definition) is 9. The average Bonchev–Trinajstić information content (AvgIpc) is 3.51. The number of methoxy groups -OCH3 is 3. The molecule has 3 heterocycles. The van der Waals surface area contributed by atoms with Crippen LogP contribution in [0.3, 0.4) is 0 Å². The molecule has 1 fully saturated rings. The quantitative estimate of drug-likeness (QED) is 0.559. The summed E-state index contributed by atoms with van der Waals surface area (Å²) in [5, 5.41) is 5.55. The van der Waals surface area contributed by atoms with Crippen molar-refractivity contribution in [3.8, 4) is 11.5 Å². The molecule has 1 aromatic carbocycles. The van der Waals surface area contributed by atoms with Crippen LogP contribution in [-0.2, 0) is 19.1 Å². The molecule has 1 saturated heterocycles. The van der Waals surface area contributed by atoms with E-state index in [1.807, 2.05) is 16.4 Å². The molecular formula is C24H29N3O6S. The number of fused-ring (bicyclic) bond motifs is 1. The lowest BCUT2D eigenvalue weighted by Gasteiger charge is -2.36. The van der Waals surface area contributed by atoms with Gasteiger partial charge in [-0.2, -0.15) is 0 Å². The molecule has 10 heteroatoms. The minimum atomic E-state index is -0.600. The van der Waals surface area contributed by atoms with Crippen LogP contribution in [0.1, 0.15) is 37.8 Å². The topological polar surface area (TPSA) is 98.7 Å². The second-order valence-corrected chi connectivity index (χ2v) is 8.94. The number of aliphatic imine (C=N–C) groups is 1. The van der Waals surface area contributed by atoms with Gasteiger partial charge >= 0.3 is 5.97 Å². The number of hydrogen-bond donors (Lipinski definition) is 1. The Hall–Kier alpha value is -2.98. The summed E-state index contributed by atoms with van der Waals surface area (Å²) in [5.74, 6) is 0.592. The monoisotopic (exact) mass is 487 g/mol. The third-order valence-corrected chi connectivity index (χ3v) is 6.92. The Bertz CT molecular complexity index is 1060. The lowest BCUT2D eigenvalue weighted by molar-refractivity contribution is -0.136. The van der Waals surface area contributed by atoms with E-state index in [4.69, 9.17) is 18.9 Å². The van der Waals surface area contributed by atoms with Gasteiger partial charge in [0.25, 0.3) is 0 Å². The molecule has 34 heavy (non-hydrogen) atoms. The summed E-state index contributed by atoms with van der Waals surface area (Å²) in [4.78, 5) is 32.3. The van der Waals surface area contributed by atoms with E-state index in [1.165, 1.54) is 18.9 Å². The number of carbonyl (C=O) groups is 2. The molecular weight excluding hydrogens is 458 g/mol. The summed E-state index contributed by atoms with van der Waals surface area (Å²) >= 11 is 1.42. The second-order valence-electron chi connectivity index (χ2n) is 8.11. The van der Waals surface area contributed by atoms with Crippen molar-refractivity contribution in [2.45, 2.75) is 38.3 Å². The van der Waals surface area contributed by atoms with E-state index in [0.29, 0.717) is 40.0 Å². The molecule has 0 saturated carbocycles. The van der Waals surface area contributed by atoms with Crippen LogP contribution in [0.5, 0.6) is 11.5 Å². The molecule has 0 radical (unpaired) electrons. The van der Waals surface area contributed by atoms with Crippen LogP contribution in [0.15, 0.2) is 45.6 Å². The van der Waals surface area contributed by atoms with Gasteiger partial charge in [0.1, 0.15) is 11.5 Å². The van der Waals surface area contributed by atoms with Crippen molar-refractivity contribution < 1.29 is 28.5 Å². The van der Waals surface area contributed by atoms with Crippen molar-refractivity contribution >= 4 is 28.8 Å². The first kappa shape index (κ1) is 24.2. The number of nitrogens with zero attached hydrogens (tertiary/aromatic N) is 2. The fraction of sp³-hybridized carbons (Fsp3) is 0.458. The van der Waals surface area contributed by atoms with Gasteiger partial charge in [-0.15, -0.1) is 0 Å². The van der Waals surface area contributed by atoms with Crippen molar-refractivity contribution in [1.82, 2.24) is 10.2 Å². The summed E-state index contributed by atoms with van der Waals surface area (Å²) in [6.45, 7) is 3.00. The highest BCUT2D eigenvalue weighted by atomic mass is 32.2. The Balaban J connectivity index is 1.67. The van der Waals surface area contributed by atoms with Crippen LogP contribution in [0, 0.1) is 0 Å². The van der Waals surface area contributed by atoms with Gasteiger partial charge in [-0.25, -0.2) is 9.79 Å². The number of rotatable bonds is 8. The number of thioether (sulfide) groups is 1. The lowest BCUT2D eigenvalue weighted by Crippen LogP contribution is -2.38. The Morgan fingerprint density at radius 2 is 2.09 bits per heavy atom. The average molecular weight is 488 g/mol. The minimum Gasteiger partial charge on any atom is -0.497 e. The molecule has 0 bridgehead atoms. The molecule has 1 N–H and O–H groups in total. The Morgan fingerprint density at radius 1 is 1.26 bits per heavy atom. The number of benzene rings is 1. The van der Waals surface area contributed by atoms with Gasteiger partial charge in [0, 0.05) is 24.4 Å². The number of nitrogens with one attached hydrogen (secondary N) is 1. The van der Waals surface area contributed by atoms with Crippen molar-refractivity contribution in [2.24, 2.45) is 4.99 Å². The fourth-order valence-corrected chi connectivity index (χ4v) is 5.31. The van der Waals surface area contributed by atoms with E-state index in [-0.39, 0.29) is 18.4 Å². The van der Waals surface area contributed by atoms with E-state index in [2.05, 4.69) is 10.3 Å². The Labute approximate surface area is 203 Å². The summed E-state index contributed by atoms with van der Waals surface area (Å²) in [5.41, 5.74) is 2.38. The van der Waals surface area contributed by atoms with Crippen LogP contribution in [0.25, 0.3) is 0 Å². The van der Waals surface area contributed by atoms with Gasteiger partial charge in [0.05, 0.1) is 51.2 Å². The Morgan fingerprint density at radius 3 is 2.76 bits per heavy atom. The molecule has 0 aromatic heterocycles. The first-order valence-electron chi connectivity index (χ1n) is 11.1. The van der Waals surface area contributed by atoms with Gasteiger partial charge in [-0.1, -0.05) is 11.8 Å². The van der Waals surface area contributed by atoms with Crippen LogP contribution in [0.2, 0.25) is 0 Å². The zero-order valence-corrected chi connectivity index (χ0v) is 20.6. The standard InChI is InChI=1S/C24H29N3O6S/c1-14-21(23(29)32-4)22(18-11-16(30-2)7-8-19(18)31-3)27-15(13-34-24(27)26-14)10-20(28)25-12-17-6-5-9-33-17/h7-8,11,13,17,22H,5-6,9-10,12H2,1-4H3,(H,25,28)/t17-,22-/m0/s1. The molecule has 0 unspecified atom stereocenters. The van der Waals surface area contributed by atoms with E-state index in [9.17, 15) is 9.59 Å². The molecule has 3 aliphatic rings. The number of amides is 1. The largest absolute Gasteiger partial charge is 0.497 e. The molecule has 1 amide bonds. The van der Waals surface area contributed by atoms with Crippen LogP contribution in [-0.4, -0.2) is 62.5 Å².